The monoisotopic (exact) mass is 432 g/mol. The third-order valence-corrected chi connectivity index (χ3v) is 7.28. The lowest BCUT2D eigenvalue weighted by molar-refractivity contribution is -0.0820. The Labute approximate surface area is 189 Å². The fraction of sp³-hybridized carbons (Fsp3) is 0.444. The zero-order valence-corrected chi connectivity index (χ0v) is 18.8. The minimum Gasteiger partial charge on any atom is -0.493 e. The molecule has 1 saturated heterocycles. The Morgan fingerprint density at radius 3 is 2.72 bits per heavy atom. The summed E-state index contributed by atoms with van der Waals surface area (Å²) >= 11 is 0. The highest BCUT2D eigenvalue weighted by molar-refractivity contribution is 5.78. The first kappa shape index (κ1) is 21.4. The molecule has 168 valence electrons. The molecule has 1 aliphatic carbocycles. The van der Waals surface area contributed by atoms with Crippen LogP contribution in [-0.2, 0) is 18.4 Å². The summed E-state index contributed by atoms with van der Waals surface area (Å²) in [5, 5.41) is 23.0. The molecular formula is C27H32N2O3. The van der Waals surface area contributed by atoms with Crippen molar-refractivity contribution in [3.8, 4) is 5.75 Å². The van der Waals surface area contributed by atoms with Crippen molar-refractivity contribution in [2.24, 2.45) is 0 Å². The van der Waals surface area contributed by atoms with Gasteiger partial charge in [-0.25, -0.2) is 0 Å². The number of aromatic nitrogens is 1. The van der Waals surface area contributed by atoms with Crippen LogP contribution in [0.25, 0.3) is 10.9 Å². The minimum absolute atomic E-state index is 0.492. The second kappa shape index (κ2) is 8.81. The Morgan fingerprint density at radius 2 is 1.88 bits per heavy atom. The first-order valence-corrected chi connectivity index (χ1v) is 11.8. The predicted octanol–water partition coefficient (Wildman–Crippen LogP) is 4.10. The first-order chi connectivity index (χ1) is 15.5. The normalized spacial score (nSPS) is 19.1. The summed E-state index contributed by atoms with van der Waals surface area (Å²) in [5.74, 6) is 0.979. The van der Waals surface area contributed by atoms with Gasteiger partial charge in [-0.2, -0.15) is 0 Å². The van der Waals surface area contributed by atoms with Gasteiger partial charge in [0, 0.05) is 36.7 Å². The molecule has 3 aromatic rings. The van der Waals surface area contributed by atoms with E-state index in [0.717, 1.165) is 35.1 Å². The number of para-hydroxylation sites is 1. The molecule has 2 aromatic carbocycles. The molecule has 5 heteroatoms. The lowest BCUT2D eigenvalue weighted by atomic mass is 9.84. The van der Waals surface area contributed by atoms with Gasteiger partial charge in [0.05, 0.1) is 17.7 Å². The molecule has 1 aliphatic heterocycles. The number of hydrogen-bond acceptors (Lipinski definition) is 5. The number of likely N-dealkylation sites (tertiary alicyclic amines) is 1. The van der Waals surface area contributed by atoms with Crippen molar-refractivity contribution in [3.63, 3.8) is 0 Å². The molecule has 1 aromatic heterocycles. The lowest BCUT2D eigenvalue weighted by Gasteiger charge is -2.40. The van der Waals surface area contributed by atoms with Crippen LogP contribution in [0.15, 0.2) is 48.7 Å². The van der Waals surface area contributed by atoms with Gasteiger partial charge < -0.3 is 14.9 Å². The van der Waals surface area contributed by atoms with E-state index in [9.17, 15) is 10.2 Å². The van der Waals surface area contributed by atoms with Crippen molar-refractivity contribution in [2.45, 2.75) is 57.3 Å². The summed E-state index contributed by atoms with van der Waals surface area (Å²) in [7, 11) is 0. The van der Waals surface area contributed by atoms with Crippen molar-refractivity contribution < 1.29 is 14.9 Å². The van der Waals surface area contributed by atoms with Gasteiger partial charge in [-0.1, -0.05) is 24.3 Å². The fourth-order valence-electron chi connectivity index (χ4n) is 5.25. The van der Waals surface area contributed by atoms with Gasteiger partial charge in [0.25, 0.3) is 0 Å². The number of pyridine rings is 1. The Morgan fingerprint density at radius 1 is 1.09 bits per heavy atom. The van der Waals surface area contributed by atoms with Crippen LogP contribution in [0.1, 0.15) is 47.9 Å². The molecule has 0 radical (unpaired) electrons. The number of ether oxygens (including phenoxy) is 1. The molecule has 1 atom stereocenters. The number of nitrogens with zero attached hydrogens (tertiary/aromatic N) is 2. The average molecular weight is 433 g/mol. The van der Waals surface area contributed by atoms with Gasteiger partial charge in [0.2, 0.25) is 0 Å². The highest BCUT2D eigenvalue weighted by Gasteiger charge is 2.36. The summed E-state index contributed by atoms with van der Waals surface area (Å²) in [6, 6.07) is 14.2. The van der Waals surface area contributed by atoms with Crippen molar-refractivity contribution in [3.05, 3.63) is 70.9 Å². The fourth-order valence-corrected chi connectivity index (χ4v) is 5.25. The standard InChI is InChI=1S/C27H32N2O3/c1-19-9-10-25(23-7-4-6-22(19)23)32-16-11-26(30)29-14-12-27(31,13-15-29)21-17-20-5-2-3-8-24(20)28-18-21/h2-3,5,8-10,17-18,26,30-31H,4,6-7,11-16H2,1H3. The summed E-state index contributed by atoms with van der Waals surface area (Å²) in [4.78, 5) is 6.56. The summed E-state index contributed by atoms with van der Waals surface area (Å²) in [5.41, 5.74) is 5.06. The Balaban J connectivity index is 1.16. The van der Waals surface area contributed by atoms with Crippen LogP contribution >= 0.6 is 0 Å². The lowest BCUT2D eigenvalue weighted by Crippen LogP contribution is -2.47. The van der Waals surface area contributed by atoms with Gasteiger partial charge in [0.15, 0.2) is 0 Å². The van der Waals surface area contributed by atoms with Crippen LogP contribution in [0.4, 0.5) is 0 Å². The number of piperidine rings is 1. The molecule has 0 bridgehead atoms. The molecule has 0 saturated carbocycles. The largest absolute Gasteiger partial charge is 0.493 e. The van der Waals surface area contributed by atoms with Gasteiger partial charge in [-0.05, 0) is 73.9 Å². The SMILES string of the molecule is Cc1ccc(OCCC(O)N2CCC(O)(c3cnc4ccccc4c3)CC2)c2c1CCC2. The van der Waals surface area contributed by atoms with Crippen LogP contribution in [0.2, 0.25) is 0 Å². The Kier molecular flexibility index (Phi) is 5.89. The molecule has 2 heterocycles. The van der Waals surface area contributed by atoms with Crippen molar-refractivity contribution in [2.75, 3.05) is 19.7 Å². The molecule has 5 nitrogen and oxygen atoms in total. The predicted molar refractivity (Wildman–Crippen MR) is 126 cm³/mol. The second-order valence-corrected chi connectivity index (χ2v) is 9.29. The molecule has 2 aliphatic rings. The Bertz CT molecular complexity index is 1110. The molecule has 5 rings (SSSR count). The number of benzene rings is 2. The number of aliphatic hydroxyl groups excluding tert-OH is 1. The molecule has 0 amide bonds. The van der Waals surface area contributed by atoms with E-state index >= 15 is 0 Å². The summed E-state index contributed by atoms with van der Waals surface area (Å²) < 4.78 is 6.07. The van der Waals surface area contributed by atoms with E-state index in [2.05, 4.69) is 24.0 Å². The number of aliphatic hydroxyl groups is 2. The van der Waals surface area contributed by atoms with Gasteiger partial charge in [-0.15, -0.1) is 0 Å². The molecule has 1 unspecified atom stereocenters. The molecule has 0 spiro atoms. The van der Waals surface area contributed by atoms with E-state index in [1.54, 1.807) is 6.20 Å². The second-order valence-electron chi connectivity index (χ2n) is 9.29. The Hall–Kier alpha value is -2.47. The van der Waals surface area contributed by atoms with Crippen LogP contribution < -0.4 is 4.74 Å². The quantitative estimate of drug-likeness (QED) is 0.614. The molecular weight excluding hydrogens is 400 g/mol. The number of aryl methyl sites for hydroxylation is 1. The highest BCUT2D eigenvalue weighted by Crippen LogP contribution is 2.35. The first-order valence-electron chi connectivity index (χ1n) is 11.8. The molecule has 1 fully saturated rings. The zero-order chi connectivity index (χ0) is 22.1. The van der Waals surface area contributed by atoms with Crippen molar-refractivity contribution in [1.82, 2.24) is 9.88 Å². The maximum Gasteiger partial charge on any atom is 0.122 e. The number of hydrogen-bond donors (Lipinski definition) is 2. The van der Waals surface area contributed by atoms with Gasteiger partial charge in [0.1, 0.15) is 12.0 Å². The van der Waals surface area contributed by atoms with Crippen molar-refractivity contribution in [1.29, 1.82) is 0 Å². The van der Waals surface area contributed by atoms with Crippen LogP contribution in [0.5, 0.6) is 5.75 Å². The van der Waals surface area contributed by atoms with Crippen LogP contribution in [-0.4, -0.2) is 46.0 Å². The highest BCUT2D eigenvalue weighted by atomic mass is 16.5. The molecule has 32 heavy (non-hydrogen) atoms. The van der Waals surface area contributed by atoms with Crippen molar-refractivity contribution >= 4 is 10.9 Å². The van der Waals surface area contributed by atoms with E-state index in [1.807, 2.05) is 35.2 Å². The van der Waals surface area contributed by atoms with E-state index in [0.29, 0.717) is 39.0 Å². The van der Waals surface area contributed by atoms with E-state index < -0.39 is 11.8 Å². The number of rotatable bonds is 6. The average Bonchev–Trinajstić information content (AvgIpc) is 3.32. The maximum atomic E-state index is 11.3. The van der Waals surface area contributed by atoms with Gasteiger partial charge in [-0.3, -0.25) is 9.88 Å². The molecule has 2 N–H and O–H groups in total. The minimum atomic E-state index is -0.897. The summed E-state index contributed by atoms with van der Waals surface area (Å²) in [6.07, 6.45) is 6.37. The zero-order valence-electron chi connectivity index (χ0n) is 18.8. The van der Waals surface area contributed by atoms with Gasteiger partial charge >= 0.3 is 0 Å². The van der Waals surface area contributed by atoms with Crippen LogP contribution in [0.3, 0.4) is 0 Å². The summed E-state index contributed by atoms with van der Waals surface area (Å²) in [6.45, 7) is 3.95. The topological polar surface area (TPSA) is 65.8 Å². The van der Waals surface area contributed by atoms with E-state index in [-0.39, 0.29) is 0 Å². The maximum absolute atomic E-state index is 11.3. The smallest absolute Gasteiger partial charge is 0.122 e. The number of fused-ring (bicyclic) bond motifs is 2. The third kappa shape index (κ3) is 4.13. The van der Waals surface area contributed by atoms with E-state index in [1.165, 1.54) is 23.1 Å². The van der Waals surface area contributed by atoms with E-state index in [4.69, 9.17) is 4.74 Å². The van der Waals surface area contributed by atoms with Crippen LogP contribution in [0, 0.1) is 6.92 Å². The third-order valence-electron chi connectivity index (χ3n) is 7.28.